The van der Waals surface area contributed by atoms with E-state index in [1.54, 1.807) is 43.4 Å². The SMILES string of the molecule is CC(C)N(C)S(=O)(=O)c1ccc(CNC(=O)CSc2ccc(Cl)cc2)cc1. The third-order valence-electron chi connectivity index (χ3n) is 4.00. The van der Waals surface area contributed by atoms with E-state index in [1.807, 2.05) is 26.0 Å². The molecule has 0 aliphatic rings. The molecule has 0 aliphatic heterocycles. The van der Waals surface area contributed by atoms with Crippen LogP contribution in [0.1, 0.15) is 19.4 Å². The largest absolute Gasteiger partial charge is 0.351 e. The molecule has 0 aromatic heterocycles. The van der Waals surface area contributed by atoms with Gasteiger partial charge in [-0.2, -0.15) is 4.31 Å². The number of hydrogen-bond donors (Lipinski definition) is 1. The predicted molar refractivity (Wildman–Crippen MR) is 111 cm³/mol. The molecule has 1 amide bonds. The molecule has 146 valence electrons. The van der Waals surface area contributed by atoms with Gasteiger partial charge in [-0.15, -0.1) is 11.8 Å². The Bertz CT molecular complexity index is 867. The number of amides is 1. The highest BCUT2D eigenvalue weighted by Gasteiger charge is 2.22. The van der Waals surface area contributed by atoms with Crippen LogP contribution in [-0.2, 0) is 21.4 Å². The number of benzene rings is 2. The molecule has 0 aliphatic carbocycles. The number of halogens is 1. The van der Waals surface area contributed by atoms with Crippen LogP contribution in [0.15, 0.2) is 58.3 Å². The molecular weight excluding hydrogens is 404 g/mol. The summed E-state index contributed by atoms with van der Waals surface area (Å²) in [6.07, 6.45) is 0. The van der Waals surface area contributed by atoms with Crippen molar-refractivity contribution in [3.63, 3.8) is 0 Å². The van der Waals surface area contributed by atoms with Crippen molar-refractivity contribution < 1.29 is 13.2 Å². The Morgan fingerprint density at radius 1 is 1.11 bits per heavy atom. The lowest BCUT2D eigenvalue weighted by atomic mass is 10.2. The van der Waals surface area contributed by atoms with E-state index >= 15 is 0 Å². The number of nitrogens with one attached hydrogen (secondary N) is 1. The first kappa shape index (κ1) is 21.8. The van der Waals surface area contributed by atoms with Gasteiger partial charge in [0.25, 0.3) is 0 Å². The minimum absolute atomic E-state index is 0.0915. The van der Waals surface area contributed by atoms with Gasteiger partial charge in [0, 0.05) is 29.6 Å². The monoisotopic (exact) mass is 426 g/mol. The van der Waals surface area contributed by atoms with Gasteiger partial charge in [0.05, 0.1) is 10.6 Å². The fourth-order valence-corrected chi connectivity index (χ4v) is 4.38. The second-order valence-corrected chi connectivity index (χ2v) is 9.76. The molecule has 8 heteroatoms. The summed E-state index contributed by atoms with van der Waals surface area (Å²) in [4.78, 5) is 13.2. The van der Waals surface area contributed by atoms with Crippen molar-refractivity contribution in [2.24, 2.45) is 0 Å². The van der Waals surface area contributed by atoms with E-state index in [4.69, 9.17) is 11.6 Å². The lowest BCUT2D eigenvalue weighted by molar-refractivity contribution is -0.118. The van der Waals surface area contributed by atoms with E-state index in [0.29, 0.717) is 17.3 Å². The number of nitrogens with zero attached hydrogens (tertiary/aromatic N) is 1. The van der Waals surface area contributed by atoms with Crippen molar-refractivity contribution in [3.05, 3.63) is 59.1 Å². The molecule has 1 N–H and O–H groups in total. The molecule has 0 saturated carbocycles. The fourth-order valence-electron chi connectivity index (χ4n) is 2.15. The van der Waals surface area contributed by atoms with Crippen LogP contribution in [0.2, 0.25) is 5.02 Å². The minimum atomic E-state index is -3.50. The maximum atomic E-state index is 12.4. The zero-order valence-electron chi connectivity index (χ0n) is 15.5. The number of hydrogen-bond acceptors (Lipinski definition) is 4. The number of carbonyl (C=O) groups is 1. The molecule has 27 heavy (non-hydrogen) atoms. The van der Waals surface area contributed by atoms with E-state index in [0.717, 1.165) is 10.5 Å². The summed E-state index contributed by atoms with van der Waals surface area (Å²) < 4.78 is 26.2. The highest BCUT2D eigenvalue weighted by molar-refractivity contribution is 8.00. The molecule has 0 radical (unpaired) electrons. The fraction of sp³-hybridized carbons (Fsp3) is 0.316. The molecule has 0 atom stereocenters. The van der Waals surface area contributed by atoms with Gasteiger partial charge >= 0.3 is 0 Å². The summed E-state index contributed by atoms with van der Waals surface area (Å²) in [6.45, 7) is 3.99. The second-order valence-electron chi connectivity index (χ2n) is 6.28. The van der Waals surface area contributed by atoms with E-state index < -0.39 is 10.0 Å². The van der Waals surface area contributed by atoms with E-state index in [9.17, 15) is 13.2 Å². The van der Waals surface area contributed by atoms with Crippen molar-refractivity contribution in [2.45, 2.75) is 36.2 Å². The van der Waals surface area contributed by atoms with Gasteiger partial charge in [0.2, 0.25) is 15.9 Å². The third kappa shape index (κ3) is 6.24. The summed E-state index contributed by atoms with van der Waals surface area (Å²) in [5, 5.41) is 3.50. The van der Waals surface area contributed by atoms with Crippen molar-refractivity contribution in [1.82, 2.24) is 9.62 Å². The van der Waals surface area contributed by atoms with Crippen molar-refractivity contribution >= 4 is 39.3 Å². The average molecular weight is 427 g/mol. The number of thioether (sulfide) groups is 1. The van der Waals surface area contributed by atoms with Crippen molar-refractivity contribution in [1.29, 1.82) is 0 Å². The maximum Gasteiger partial charge on any atom is 0.243 e. The molecule has 2 rings (SSSR count). The van der Waals surface area contributed by atoms with Gasteiger partial charge in [-0.05, 0) is 55.8 Å². The summed E-state index contributed by atoms with van der Waals surface area (Å²) >= 11 is 7.26. The Balaban J connectivity index is 1.87. The number of sulfonamides is 1. The Labute approximate surface area is 170 Å². The van der Waals surface area contributed by atoms with Gasteiger partial charge in [0.1, 0.15) is 0 Å². The van der Waals surface area contributed by atoms with E-state index in [-0.39, 0.29) is 16.8 Å². The molecule has 0 bridgehead atoms. The average Bonchev–Trinajstić information content (AvgIpc) is 2.65. The summed E-state index contributed by atoms with van der Waals surface area (Å²) in [5.74, 6) is 0.207. The molecule has 2 aromatic carbocycles. The molecule has 0 spiro atoms. The molecule has 0 saturated heterocycles. The van der Waals surface area contributed by atoms with E-state index in [2.05, 4.69) is 5.32 Å². The molecule has 5 nitrogen and oxygen atoms in total. The highest BCUT2D eigenvalue weighted by atomic mass is 35.5. The Kier molecular flexibility index (Phi) is 7.73. The highest BCUT2D eigenvalue weighted by Crippen LogP contribution is 2.20. The predicted octanol–water partition coefficient (Wildman–Crippen LogP) is 3.78. The van der Waals surface area contributed by atoms with Crippen LogP contribution in [0.3, 0.4) is 0 Å². The Morgan fingerprint density at radius 3 is 2.26 bits per heavy atom. The van der Waals surface area contributed by atoms with Gasteiger partial charge in [-0.1, -0.05) is 23.7 Å². The standard InChI is InChI=1S/C19H23ClN2O3S2/c1-14(2)22(3)27(24,25)18-10-4-15(5-11-18)12-21-19(23)13-26-17-8-6-16(20)7-9-17/h4-11,14H,12-13H2,1-3H3,(H,21,23). The van der Waals surface area contributed by atoms with Crippen LogP contribution in [0.4, 0.5) is 0 Å². The van der Waals surface area contributed by atoms with Gasteiger partial charge in [-0.25, -0.2) is 8.42 Å². The lowest BCUT2D eigenvalue weighted by Crippen LogP contribution is -2.33. The van der Waals surface area contributed by atoms with Crippen molar-refractivity contribution in [2.75, 3.05) is 12.8 Å². The van der Waals surface area contributed by atoms with Gasteiger partial charge < -0.3 is 5.32 Å². The molecule has 0 unspecified atom stereocenters. The molecule has 2 aromatic rings. The third-order valence-corrected chi connectivity index (χ3v) is 7.31. The number of carbonyl (C=O) groups excluding carboxylic acids is 1. The Morgan fingerprint density at radius 2 is 1.70 bits per heavy atom. The van der Waals surface area contributed by atoms with Crippen LogP contribution in [0.5, 0.6) is 0 Å². The van der Waals surface area contributed by atoms with Crippen LogP contribution in [0, 0.1) is 0 Å². The molecule has 0 fully saturated rings. The van der Waals surface area contributed by atoms with Gasteiger partial charge in [0.15, 0.2) is 0 Å². The van der Waals surface area contributed by atoms with Gasteiger partial charge in [-0.3, -0.25) is 4.79 Å². The summed E-state index contributed by atoms with van der Waals surface area (Å²) in [7, 11) is -1.93. The van der Waals surface area contributed by atoms with Crippen molar-refractivity contribution in [3.8, 4) is 0 Å². The van der Waals surface area contributed by atoms with Crippen LogP contribution < -0.4 is 5.32 Å². The normalized spacial score (nSPS) is 11.8. The smallest absolute Gasteiger partial charge is 0.243 e. The van der Waals surface area contributed by atoms with E-state index in [1.165, 1.54) is 16.1 Å². The zero-order chi connectivity index (χ0) is 20.0. The zero-order valence-corrected chi connectivity index (χ0v) is 17.9. The molecule has 0 heterocycles. The summed E-state index contributed by atoms with van der Waals surface area (Å²) in [5.41, 5.74) is 0.839. The quantitative estimate of drug-likeness (QED) is 0.652. The van der Waals surface area contributed by atoms with Crippen LogP contribution in [-0.4, -0.2) is 37.5 Å². The minimum Gasteiger partial charge on any atom is -0.351 e. The van der Waals surface area contributed by atoms with Crippen LogP contribution >= 0.6 is 23.4 Å². The summed E-state index contributed by atoms with van der Waals surface area (Å²) in [6, 6.07) is 13.8. The van der Waals surface area contributed by atoms with Crippen LogP contribution in [0.25, 0.3) is 0 Å². The topological polar surface area (TPSA) is 66.5 Å². The first-order chi connectivity index (χ1) is 12.7. The maximum absolute atomic E-state index is 12.4. The second kappa shape index (κ2) is 9.59. The lowest BCUT2D eigenvalue weighted by Gasteiger charge is -2.21. The molecular formula is C19H23ClN2O3S2. The first-order valence-electron chi connectivity index (χ1n) is 8.42. The number of rotatable bonds is 8. The Hall–Kier alpha value is -1.54. The first-order valence-corrected chi connectivity index (χ1v) is 11.2.